The molecule has 110 valence electrons. The number of carboxylic acids is 1. The summed E-state index contributed by atoms with van der Waals surface area (Å²) >= 11 is 5.74. The molecule has 1 rings (SSSR count). The predicted octanol–water partition coefficient (Wildman–Crippen LogP) is 3.16. The first-order valence-corrected chi connectivity index (χ1v) is 6.74. The van der Waals surface area contributed by atoms with Crippen molar-refractivity contribution < 1.29 is 19.1 Å². The van der Waals surface area contributed by atoms with Crippen LogP contribution < -0.4 is 5.32 Å². The molecular weight excluding hydrogens is 285 g/mol. The summed E-state index contributed by atoms with van der Waals surface area (Å²) in [6, 6.07) is 1.79. The van der Waals surface area contributed by atoms with E-state index in [2.05, 4.69) is 5.32 Å². The first kappa shape index (κ1) is 16.4. The lowest BCUT2D eigenvalue weighted by Crippen LogP contribution is -2.41. The maximum atomic E-state index is 13.9. The lowest BCUT2D eigenvalue weighted by molar-refractivity contribution is -0.139. The van der Waals surface area contributed by atoms with Crippen LogP contribution in [0.4, 0.5) is 4.39 Å². The van der Waals surface area contributed by atoms with Crippen molar-refractivity contribution in [3.05, 3.63) is 34.1 Å². The number of carbonyl (C=O) groups excluding carboxylic acids is 1. The standard InChI is InChI=1S/C14H17ClFNO3/c1-3-4-5-10(14(19)20)17-13(18)9-7-6-8(2)11(15)12(9)16/h6-7,10H,3-5H2,1-2H3,(H,17,18)(H,19,20). The Labute approximate surface area is 121 Å². The van der Waals surface area contributed by atoms with E-state index in [1.807, 2.05) is 6.92 Å². The molecule has 1 aromatic rings. The van der Waals surface area contributed by atoms with Gasteiger partial charge in [0.15, 0.2) is 5.82 Å². The monoisotopic (exact) mass is 301 g/mol. The van der Waals surface area contributed by atoms with Crippen molar-refractivity contribution >= 4 is 23.5 Å². The minimum Gasteiger partial charge on any atom is -0.480 e. The van der Waals surface area contributed by atoms with Crippen LogP contribution in [0, 0.1) is 12.7 Å². The molecule has 4 nitrogen and oxygen atoms in total. The Bertz CT molecular complexity index is 519. The summed E-state index contributed by atoms with van der Waals surface area (Å²) < 4.78 is 13.9. The molecule has 0 saturated heterocycles. The van der Waals surface area contributed by atoms with E-state index in [-0.39, 0.29) is 10.6 Å². The SMILES string of the molecule is CCCCC(NC(=O)c1ccc(C)c(Cl)c1F)C(=O)O. The topological polar surface area (TPSA) is 66.4 Å². The van der Waals surface area contributed by atoms with Crippen molar-refractivity contribution in [2.75, 3.05) is 0 Å². The molecule has 1 unspecified atom stereocenters. The van der Waals surface area contributed by atoms with Crippen LogP contribution in [0.15, 0.2) is 12.1 Å². The van der Waals surface area contributed by atoms with E-state index in [1.165, 1.54) is 12.1 Å². The van der Waals surface area contributed by atoms with Gasteiger partial charge >= 0.3 is 5.97 Å². The third-order valence-electron chi connectivity index (χ3n) is 2.97. The van der Waals surface area contributed by atoms with Crippen LogP contribution in [0.5, 0.6) is 0 Å². The second kappa shape index (κ2) is 7.24. The molecule has 0 aliphatic heterocycles. The van der Waals surface area contributed by atoms with Crippen LogP contribution in [0.2, 0.25) is 5.02 Å². The average Bonchev–Trinajstić information content (AvgIpc) is 2.40. The van der Waals surface area contributed by atoms with E-state index in [9.17, 15) is 14.0 Å². The van der Waals surface area contributed by atoms with Gasteiger partial charge in [-0.15, -0.1) is 0 Å². The molecular formula is C14H17ClFNO3. The van der Waals surface area contributed by atoms with Crippen LogP contribution in [0.25, 0.3) is 0 Å². The minimum atomic E-state index is -1.13. The smallest absolute Gasteiger partial charge is 0.326 e. The fraction of sp³-hybridized carbons (Fsp3) is 0.429. The molecule has 1 aromatic carbocycles. The summed E-state index contributed by atoms with van der Waals surface area (Å²) in [5.41, 5.74) is 0.268. The highest BCUT2D eigenvalue weighted by Gasteiger charge is 2.22. The van der Waals surface area contributed by atoms with Crippen molar-refractivity contribution in [3.63, 3.8) is 0 Å². The van der Waals surface area contributed by atoms with Gasteiger partial charge in [-0.1, -0.05) is 37.4 Å². The number of unbranched alkanes of at least 4 members (excludes halogenated alkanes) is 1. The highest BCUT2D eigenvalue weighted by Crippen LogP contribution is 2.22. The van der Waals surface area contributed by atoms with Crippen molar-refractivity contribution in [1.29, 1.82) is 0 Å². The van der Waals surface area contributed by atoms with Gasteiger partial charge < -0.3 is 10.4 Å². The molecule has 0 spiro atoms. The second-order valence-electron chi connectivity index (χ2n) is 4.56. The highest BCUT2D eigenvalue weighted by molar-refractivity contribution is 6.31. The van der Waals surface area contributed by atoms with Crippen LogP contribution in [0.1, 0.15) is 42.1 Å². The number of rotatable bonds is 6. The quantitative estimate of drug-likeness (QED) is 0.848. The van der Waals surface area contributed by atoms with E-state index in [0.717, 1.165) is 6.42 Å². The zero-order valence-electron chi connectivity index (χ0n) is 11.4. The molecule has 0 aliphatic rings. The molecule has 1 atom stereocenters. The van der Waals surface area contributed by atoms with Gasteiger partial charge in [0.25, 0.3) is 5.91 Å². The van der Waals surface area contributed by atoms with Gasteiger partial charge in [0, 0.05) is 0 Å². The summed E-state index contributed by atoms with van der Waals surface area (Å²) in [7, 11) is 0. The zero-order valence-corrected chi connectivity index (χ0v) is 12.1. The largest absolute Gasteiger partial charge is 0.480 e. The van der Waals surface area contributed by atoms with Crippen LogP contribution >= 0.6 is 11.6 Å². The number of hydrogen-bond donors (Lipinski definition) is 2. The number of aliphatic carboxylic acids is 1. The Hall–Kier alpha value is -1.62. The summed E-state index contributed by atoms with van der Waals surface area (Å²) in [5, 5.41) is 11.2. The molecule has 6 heteroatoms. The van der Waals surface area contributed by atoms with E-state index >= 15 is 0 Å². The normalized spacial score (nSPS) is 12.0. The third kappa shape index (κ3) is 3.93. The van der Waals surface area contributed by atoms with Crippen molar-refractivity contribution in [2.45, 2.75) is 39.2 Å². The molecule has 0 saturated carbocycles. The number of carbonyl (C=O) groups is 2. The summed E-state index contributed by atoms with van der Waals surface area (Å²) in [6.45, 7) is 3.54. The molecule has 0 bridgehead atoms. The summed E-state index contributed by atoms with van der Waals surface area (Å²) in [5.74, 6) is -2.73. The van der Waals surface area contributed by atoms with Gasteiger partial charge in [0.05, 0.1) is 10.6 Å². The molecule has 0 aliphatic carbocycles. The Morgan fingerprint density at radius 2 is 2.10 bits per heavy atom. The number of amides is 1. The molecule has 2 N–H and O–H groups in total. The fourth-order valence-corrected chi connectivity index (χ4v) is 1.89. The van der Waals surface area contributed by atoms with Gasteiger partial charge in [-0.25, -0.2) is 9.18 Å². The molecule has 0 fully saturated rings. The number of carboxylic acid groups (broad SMARTS) is 1. The molecule has 0 aromatic heterocycles. The zero-order chi connectivity index (χ0) is 15.3. The first-order chi connectivity index (χ1) is 9.38. The lowest BCUT2D eigenvalue weighted by Gasteiger charge is -2.15. The van der Waals surface area contributed by atoms with E-state index in [1.54, 1.807) is 6.92 Å². The Kier molecular flexibility index (Phi) is 5.95. The summed E-state index contributed by atoms with van der Waals surface area (Å²) in [4.78, 5) is 23.0. The minimum absolute atomic E-state index is 0.127. The van der Waals surface area contributed by atoms with Crippen molar-refractivity contribution in [1.82, 2.24) is 5.32 Å². The van der Waals surface area contributed by atoms with E-state index < -0.39 is 23.7 Å². The van der Waals surface area contributed by atoms with Crippen molar-refractivity contribution in [3.8, 4) is 0 Å². The van der Waals surface area contributed by atoms with Gasteiger partial charge in [0.1, 0.15) is 6.04 Å². The Balaban J connectivity index is 2.89. The molecule has 20 heavy (non-hydrogen) atoms. The van der Waals surface area contributed by atoms with E-state index in [0.29, 0.717) is 18.4 Å². The van der Waals surface area contributed by atoms with Crippen LogP contribution in [-0.4, -0.2) is 23.0 Å². The third-order valence-corrected chi connectivity index (χ3v) is 3.43. The summed E-state index contributed by atoms with van der Waals surface area (Å²) in [6.07, 6.45) is 1.78. The highest BCUT2D eigenvalue weighted by atomic mass is 35.5. The Morgan fingerprint density at radius 3 is 2.65 bits per heavy atom. The maximum absolute atomic E-state index is 13.9. The van der Waals surface area contributed by atoms with Gasteiger partial charge in [-0.3, -0.25) is 4.79 Å². The van der Waals surface area contributed by atoms with Crippen LogP contribution in [-0.2, 0) is 4.79 Å². The predicted molar refractivity (Wildman–Crippen MR) is 74.6 cm³/mol. The van der Waals surface area contributed by atoms with E-state index in [4.69, 9.17) is 16.7 Å². The first-order valence-electron chi connectivity index (χ1n) is 6.36. The fourth-order valence-electron chi connectivity index (χ4n) is 1.72. The average molecular weight is 302 g/mol. The maximum Gasteiger partial charge on any atom is 0.326 e. The lowest BCUT2D eigenvalue weighted by atomic mass is 10.1. The number of halogens is 2. The number of nitrogens with one attached hydrogen (secondary N) is 1. The van der Waals surface area contributed by atoms with Gasteiger partial charge in [0.2, 0.25) is 0 Å². The molecule has 0 heterocycles. The number of benzene rings is 1. The van der Waals surface area contributed by atoms with Crippen molar-refractivity contribution in [2.24, 2.45) is 0 Å². The number of aryl methyl sites for hydroxylation is 1. The number of hydrogen-bond acceptors (Lipinski definition) is 2. The second-order valence-corrected chi connectivity index (χ2v) is 4.94. The molecule has 1 amide bonds. The van der Waals surface area contributed by atoms with Gasteiger partial charge in [-0.2, -0.15) is 0 Å². The van der Waals surface area contributed by atoms with Crippen LogP contribution in [0.3, 0.4) is 0 Å². The van der Waals surface area contributed by atoms with Gasteiger partial charge in [-0.05, 0) is 25.0 Å². The Morgan fingerprint density at radius 1 is 1.45 bits per heavy atom. The molecule has 0 radical (unpaired) electrons.